The number of rotatable bonds is 4. The fourth-order valence-electron chi connectivity index (χ4n) is 2.44. The molecule has 0 atom stereocenters. The van der Waals surface area contributed by atoms with Crippen molar-refractivity contribution in [1.29, 1.82) is 0 Å². The summed E-state index contributed by atoms with van der Waals surface area (Å²) in [7, 11) is 0. The van der Waals surface area contributed by atoms with E-state index in [9.17, 15) is 4.79 Å². The second-order valence-electron chi connectivity index (χ2n) is 5.35. The highest BCUT2D eigenvalue weighted by Crippen LogP contribution is 2.39. The highest BCUT2D eigenvalue weighted by molar-refractivity contribution is 14.1. The first-order chi connectivity index (χ1) is 12.8. The van der Waals surface area contributed by atoms with Crippen LogP contribution in [0.25, 0.3) is 6.08 Å². The zero-order valence-electron chi connectivity index (χ0n) is 13.8. The number of ether oxygens (including phenoxy) is 1. The molecule has 2 aromatic rings. The first-order valence-electron chi connectivity index (χ1n) is 7.66. The van der Waals surface area contributed by atoms with Gasteiger partial charge in [0, 0.05) is 9.13 Å². The normalized spacial score (nSPS) is 15.7. The number of hydrogen-bond donors (Lipinski definition) is 0. The molecule has 3 rings (SSSR count). The Bertz CT molecular complexity index is 982. The van der Waals surface area contributed by atoms with Gasteiger partial charge in [-0.15, -0.1) is 0 Å². The smallest absolute Gasteiger partial charge is 0.270 e. The number of halogens is 4. The van der Waals surface area contributed by atoms with Crippen LogP contribution in [0.4, 0.5) is 5.69 Å². The Morgan fingerprint density at radius 2 is 1.96 bits per heavy atom. The van der Waals surface area contributed by atoms with Gasteiger partial charge in [-0.25, -0.2) is 0 Å². The van der Waals surface area contributed by atoms with E-state index >= 15 is 0 Å². The first kappa shape index (κ1) is 21.6. The highest BCUT2D eigenvalue weighted by Gasteiger charge is 2.33. The van der Waals surface area contributed by atoms with Crippen molar-refractivity contribution in [3.63, 3.8) is 0 Å². The van der Waals surface area contributed by atoms with E-state index in [0.717, 1.165) is 18.5 Å². The van der Waals surface area contributed by atoms with Crippen molar-refractivity contribution in [3.05, 3.63) is 58.0 Å². The van der Waals surface area contributed by atoms with Crippen molar-refractivity contribution in [1.82, 2.24) is 0 Å². The Kier molecular flexibility index (Phi) is 7.34. The highest BCUT2D eigenvalue weighted by atomic mass is 127. The van der Waals surface area contributed by atoms with Crippen LogP contribution < -0.4 is 9.64 Å². The molecule has 1 heterocycles. The van der Waals surface area contributed by atoms with Crippen LogP contribution in [0.5, 0.6) is 5.75 Å². The molecule has 140 valence electrons. The van der Waals surface area contributed by atoms with E-state index in [1.807, 2.05) is 25.1 Å². The summed E-state index contributed by atoms with van der Waals surface area (Å²) >= 11 is 23.2. The molecule has 2 aromatic carbocycles. The Labute approximate surface area is 204 Å². The van der Waals surface area contributed by atoms with Crippen molar-refractivity contribution in [2.24, 2.45) is 0 Å². The molecule has 27 heavy (non-hydrogen) atoms. The van der Waals surface area contributed by atoms with Crippen LogP contribution in [-0.2, 0) is 4.79 Å². The number of hydrogen-bond acceptors (Lipinski definition) is 4. The molecule has 0 unspecified atom stereocenters. The summed E-state index contributed by atoms with van der Waals surface area (Å²) < 4.78 is 8.28. The van der Waals surface area contributed by atoms with Gasteiger partial charge in [0.05, 0.1) is 30.8 Å². The maximum absolute atomic E-state index is 13.0. The van der Waals surface area contributed by atoms with Gasteiger partial charge in [0.25, 0.3) is 5.91 Å². The van der Waals surface area contributed by atoms with Gasteiger partial charge in [-0.2, -0.15) is 0 Å². The molecular formula is C18H11Cl2I2NO2S2. The lowest BCUT2D eigenvalue weighted by Crippen LogP contribution is -2.27. The number of thioether (sulfide) groups is 1. The van der Waals surface area contributed by atoms with Crippen molar-refractivity contribution in [3.8, 4) is 5.75 Å². The number of anilines is 1. The topological polar surface area (TPSA) is 29.5 Å². The number of thiocarbonyl (C=S) groups is 1. The Hall–Kier alpha value is -0.0700. The molecule has 1 fully saturated rings. The minimum atomic E-state index is -0.195. The van der Waals surface area contributed by atoms with Crippen LogP contribution in [0.2, 0.25) is 10.0 Å². The van der Waals surface area contributed by atoms with E-state index in [-0.39, 0.29) is 5.91 Å². The molecule has 1 aliphatic heterocycles. The molecule has 0 radical (unpaired) electrons. The molecule has 1 amide bonds. The van der Waals surface area contributed by atoms with Gasteiger partial charge in [-0.1, -0.05) is 47.2 Å². The average Bonchev–Trinajstić information content (AvgIpc) is 2.87. The Morgan fingerprint density at radius 1 is 1.22 bits per heavy atom. The van der Waals surface area contributed by atoms with E-state index in [1.165, 1.54) is 16.7 Å². The van der Waals surface area contributed by atoms with Gasteiger partial charge < -0.3 is 4.74 Å². The predicted molar refractivity (Wildman–Crippen MR) is 135 cm³/mol. The summed E-state index contributed by atoms with van der Waals surface area (Å²) in [6.45, 7) is 2.48. The van der Waals surface area contributed by atoms with E-state index in [2.05, 4.69) is 45.2 Å². The minimum Gasteiger partial charge on any atom is -0.492 e. The summed E-state index contributed by atoms with van der Waals surface area (Å²) in [4.78, 5) is 15.0. The van der Waals surface area contributed by atoms with E-state index in [0.29, 0.717) is 31.6 Å². The number of amides is 1. The number of carbonyl (C=O) groups excluding carboxylic acids is 1. The summed E-state index contributed by atoms with van der Waals surface area (Å²) in [5.74, 6) is 0.568. The lowest BCUT2D eigenvalue weighted by Gasteiger charge is -2.15. The summed E-state index contributed by atoms with van der Waals surface area (Å²) in [6, 6.07) is 9.03. The van der Waals surface area contributed by atoms with E-state index in [1.54, 1.807) is 18.2 Å². The van der Waals surface area contributed by atoms with Crippen LogP contribution in [0.15, 0.2) is 35.2 Å². The quantitative estimate of drug-likeness (QED) is 0.200. The predicted octanol–water partition coefficient (Wildman–Crippen LogP) is 7.01. The molecule has 0 aromatic heterocycles. The van der Waals surface area contributed by atoms with Gasteiger partial charge in [-0.05, 0) is 88.5 Å². The van der Waals surface area contributed by atoms with Crippen LogP contribution in [0.1, 0.15) is 12.5 Å². The summed E-state index contributed by atoms with van der Waals surface area (Å²) in [5, 5.41) is 0.800. The Morgan fingerprint density at radius 3 is 2.63 bits per heavy atom. The number of carbonyl (C=O) groups is 1. The molecule has 0 spiro atoms. The van der Waals surface area contributed by atoms with Crippen molar-refractivity contribution in [2.45, 2.75) is 6.92 Å². The van der Waals surface area contributed by atoms with Crippen LogP contribution in [0.3, 0.4) is 0 Å². The zero-order chi connectivity index (χ0) is 19.7. The fraction of sp³-hybridized carbons (Fsp3) is 0.111. The molecular weight excluding hydrogens is 651 g/mol. The summed E-state index contributed by atoms with van der Waals surface area (Å²) in [6.07, 6.45) is 1.83. The van der Waals surface area contributed by atoms with Gasteiger partial charge in [0.1, 0.15) is 5.75 Å². The minimum absolute atomic E-state index is 0.195. The van der Waals surface area contributed by atoms with Gasteiger partial charge in [-0.3, -0.25) is 9.69 Å². The van der Waals surface area contributed by atoms with Crippen molar-refractivity contribution in [2.75, 3.05) is 11.5 Å². The molecule has 0 aliphatic carbocycles. The molecule has 0 bridgehead atoms. The monoisotopic (exact) mass is 661 g/mol. The van der Waals surface area contributed by atoms with E-state index < -0.39 is 0 Å². The second-order valence-corrected chi connectivity index (χ2v) is 10.3. The van der Waals surface area contributed by atoms with Gasteiger partial charge >= 0.3 is 0 Å². The van der Waals surface area contributed by atoms with Gasteiger partial charge in [0.2, 0.25) is 0 Å². The SMILES string of the molecule is CCOc1c(I)cc(I)cc1/C=C1\SC(=S)N(c2ccc(Cl)c(Cl)c2)C1=O. The number of benzene rings is 2. The van der Waals surface area contributed by atoms with Gasteiger partial charge in [0.15, 0.2) is 4.32 Å². The molecule has 9 heteroatoms. The average molecular weight is 662 g/mol. The molecule has 1 saturated heterocycles. The third-order valence-corrected chi connectivity index (χ3v) is 7.03. The number of nitrogens with zero attached hydrogens (tertiary/aromatic N) is 1. The standard InChI is InChI=1S/C18H11Cl2I2NO2S2/c1-2-25-16-9(5-10(21)7-14(16)22)6-15-17(24)23(18(26)27-15)11-3-4-12(19)13(20)8-11/h3-8H,2H2,1H3/b15-6-. The zero-order valence-corrected chi connectivity index (χ0v) is 21.2. The molecule has 0 saturated carbocycles. The lowest BCUT2D eigenvalue weighted by molar-refractivity contribution is -0.113. The third-order valence-electron chi connectivity index (χ3n) is 3.57. The third kappa shape index (κ3) is 4.75. The largest absolute Gasteiger partial charge is 0.492 e. The maximum atomic E-state index is 13.0. The summed E-state index contributed by atoms with van der Waals surface area (Å²) in [5.41, 5.74) is 1.44. The molecule has 1 aliphatic rings. The van der Waals surface area contributed by atoms with Crippen LogP contribution in [0, 0.1) is 7.14 Å². The molecule has 0 N–H and O–H groups in total. The van der Waals surface area contributed by atoms with Crippen LogP contribution >= 0.6 is 92.4 Å². The van der Waals surface area contributed by atoms with Crippen molar-refractivity contribution >= 4 is 114 Å². The molecule has 3 nitrogen and oxygen atoms in total. The lowest BCUT2D eigenvalue weighted by atomic mass is 10.2. The first-order valence-corrected chi connectivity index (χ1v) is 11.8. The van der Waals surface area contributed by atoms with Crippen molar-refractivity contribution < 1.29 is 9.53 Å². The Balaban J connectivity index is 2.01. The van der Waals surface area contributed by atoms with Crippen LogP contribution in [-0.4, -0.2) is 16.8 Å². The maximum Gasteiger partial charge on any atom is 0.270 e. The fourth-order valence-corrected chi connectivity index (χ4v) is 6.07. The second kappa shape index (κ2) is 9.17. The van der Waals surface area contributed by atoms with E-state index in [4.69, 9.17) is 40.2 Å².